The minimum absolute atomic E-state index is 0.0434. The van der Waals surface area contributed by atoms with Crippen molar-refractivity contribution >= 4 is 46.7 Å². The van der Waals surface area contributed by atoms with Crippen LogP contribution in [0.1, 0.15) is 74.5 Å². The van der Waals surface area contributed by atoms with Gasteiger partial charge < -0.3 is 20.1 Å². The van der Waals surface area contributed by atoms with E-state index in [4.69, 9.17) is 38.0 Å². The SMILES string of the molecule is C[C@H](c1ccc(C(=O)NCCC(=O)O)cc1)N1C(=O)C(c2cc(Cl)cc(Cl)c2)=N[C@]12CCOC(C(C)(C)C)C2. The van der Waals surface area contributed by atoms with Crippen molar-refractivity contribution in [2.75, 3.05) is 13.2 Å². The number of carbonyl (C=O) groups is 3. The number of halogens is 2. The molecule has 2 aromatic carbocycles. The maximum absolute atomic E-state index is 14.1. The van der Waals surface area contributed by atoms with Gasteiger partial charge in [-0.2, -0.15) is 0 Å². The zero-order valence-electron chi connectivity index (χ0n) is 22.5. The van der Waals surface area contributed by atoms with Gasteiger partial charge >= 0.3 is 5.97 Å². The Morgan fingerprint density at radius 1 is 1.18 bits per heavy atom. The van der Waals surface area contributed by atoms with E-state index in [1.807, 2.05) is 24.0 Å². The molecule has 2 aliphatic rings. The fourth-order valence-corrected chi connectivity index (χ4v) is 5.70. The monoisotopic (exact) mass is 573 g/mol. The first-order valence-electron chi connectivity index (χ1n) is 12.9. The summed E-state index contributed by atoms with van der Waals surface area (Å²) in [6, 6.07) is 11.6. The van der Waals surface area contributed by atoms with Gasteiger partial charge in [-0.05, 0) is 48.2 Å². The van der Waals surface area contributed by atoms with Crippen molar-refractivity contribution in [3.05, 3.63) is 69.2 Å². The molecule has 4 rings (SSSR count). The number of amides is 2. The Hall–Kier alpha value is -2.94. The van der Waals surface area contributed by atoms with Gasteiger partial charge in [0.05, 0.1) is 25.2 Å². The van der Waals surface area contributed by atoms with Gasteiger partial charge in [0.15, 0.2) is 0 Å². The van der Waals surface area contributed by atoms with E-state index in [1.165, 1.54) is 0 Å². The number of aliphatic carboxylic acids is 1. The van der Waals surface area contributed by atoms with Crippen LogP contribution in [0.25, 0.3) is 0 Å². The average molecular weight is 575 g/mol. The molecule has 3 atom stereocenters. The highest BCUT2D eigenvalue weighted by atomic mass is 35.5. The van der Waals surface area contributed by atoms with E-state index in [0.717, 1.165) is 5.56 Å². The number of ether oxygens (including phenoxy) is 1. The maximum atomic E-state index is 14.1. The topological polar surface area (TPSA) is 108 Å². The van der Waals surface area contributed by atoms with Crippen LogP contribution in [-0.4, -0.2) is 58.4 Å². The van der Waals surface area contributed by atoms with Crippen molar-refractivity contribution in [1.82, 2.24) is 10.2 Å². The van der Waals surface area contributed by atoms with Crippen LogP contribution in [-0.2, 0) is 14.3 Å². The summed E-state index contributed by atoms with van der Waals surface area (Å²) in [7, 11) is 0. The predicted octanol–water partition coefficient (Wildman–Crippen LogP) is 5.51. The molecule has 8 nitrogen and oxygen atoms in total. The van der Waals surface area contributed by atoms with Crippen LogP contribution < -0.4 is 5.32 Å². The molecular weight excluding hydrogens is 541 g/mol. The minimum atomic E-state index is -0.980. The number of hydrogen-bond acceptors (Lipinski definition) is 5. The highest BCUT2D eigenvalue weighted by Crippen LogP contribution is 2.46. The van der Waals surface area contributed by atoms with Gasteiger partial charge in [0.25, 0.3) is 11.8 Å². The van der Waals surface area contributed by atoms with Crippen LogP contribution in [0.3, 0.4) is 0 Å². The Bertz CT molecular complexity index is 1280. The molecule has 2 N–H and O–H groups in total. The third-order valence-electron chi connectivity index (χ3n) is 7.29. The predicted molar refractivity (Wildman–Crippen MR) is 150 cm³/mol. The summed E-state index contributed by atoms with van der Waals surface area (Å²) >= 11 is 12.5. The van der Waals surface area contributed by atoms with Gasteiger partial charge in [0.1, 0.15) is 11.4 Å². The second kappa shape index (κ2) is 11.3. The molecule has 0 bridgehead atoms. The normalized spacial score (nSPS) is 22.1. The summed E-state index contributed by atoms with van der Waals surface area (Å²) in [5, 5.41) is 12.2. The van der Waals surface area contributed by atoms with Crippen LogP contribution in [0.15, 0.2) is 47.5 Å². The van der Waals surface area contributed by atoms with E-state index in [-0.39, 0.29) is 42.3 Å². The van der Waals surface area contributed by atoms with E-state index < -0.39 is 11.6 Å². The minimum Gasteiger partial charge on any atom is -0.481 e. The van der Waals surface area contributed by atoms with E-state index in [0.29, 0.717) is 46.3 Å². The van der Waals surface area contributed by atoms with Gasteiger partial charge in [-0.15, -0.1) is 0 Å². The van der Waals surface area contributed by atoms with Crippen LogP contribution in [0.2, 0.25) is 10.0 Å². The number of aliphatic imine (C=N–C) groups is 1. The number of carboxylic acid groups (broad SMARTS) is 1. The highest BCUT2D eigenvalue weighted by molar-refractivity contribution is 6.47. The summed E-state index contributed by atoms with van der Waals surface area (Å²) in [6.07, 6.45) is 0.808. The number of benzene rings is 2. The third-order valence-corrected chi connectivity index (χ3v) is 7.73. The van der Waals surface area contributed by atoms with Crippen LogP contribution >= 0.6 is 23.2 Å². The zero-order valence-corrected chi connectivity index (χ0v) is 24.0. The third kappa shape index (κ3) is 6.29. The van der Waals surface area contributed by atoms with Crippen LogP contribution in [0.4, 0.5) is 0 Å². The number of carboxylic acids is 1. The number of nitrogens with zero attached hydrogens (tertiary/aromatic N) is 2. The van der Waals surface area contributed by atoms with Gasteiger partial charge in [-0.25, -0.2) is 0 Å². The molecule has 2 aromatic rings. The van der Waals surface area contributed by atoms with E-state index in [9.17, 15) is 14.4 Å². The van der Waals surface area contributed by atoms with Crippen molar-refractivity contribution in [2.24, 2.45) is 10.4 Å². The first-order chi connectivity index (χ1) is 18.3. The standard InChI is InChI=1S/C29H33Cl2N3O5/c1-17(18-5-7-19(8-6-18)26(37)32-11-9-24(35)36)34-27(38)25(20-13-21(30)15-22(31)14-20)33-29(34)10-12-39-23(16-29)28(2,3)4/h5-8,13-15,17,23H,9-12,16H2,1-4H3,(H,32,37)(H,35,36)/t17-,23?,29-/m1/s1. The summed E-state index contributed by atoms with van der Waals surface area (Å²) in [5.74, 6) is -1.55. The van der Waals surface area contributed by atoms with Crippen molar-refractivity contribution in [3.8, 4) is 0 Å². The Morgan fingerprint density at radius 2 is 1.82 bits per heavy atom. The molecule has 10 heteroatoms. The largest absolute Gasteiger partial charge is 0.481 e. The fraction of sp³-hybridized carbons (Fsp3) is 0.448. The molecule has 2 amide bonds. The van der Waals surface area contributed by atoms with E-state index >= 15 is 0 Å². The average Bonchev–Trinajstić information content (AvgIpc) is 3.13. The van der Waals surface area contributed by atoms with E-state index in [2.05, 4.69) is 26.1 Å². The van der Waals surface area contributed by atoms with Gasteiger partial charge in [0.2, 0.25) is 0 Å². The first-order valence-corrected chi connectivity index (χ1v) is 13.7. The molecule has 0 radical (unpaired) electrons. The molecule has 208 valence electrons. The summed E-state index contributed by atoms with van der Waals surface area (Å²) in [5.41, 5.74) is 1.16. The second-order valence-electron chi connectivity index (χ2n) is 11.2. The highest BCUT2D eigenvalue weighted by Gasteiger charge is 2.53. The molecule has 0 aromatic heterocycles. The van der Waals surface area contributed by atoms with Crippen molar-refractivity contribution in [2.45, 2.75) is 64.8 Å². The Kier molecular flexibility index (Phi) is 8.40. The molecule has 0 aliphatic carbocycles. The molecule has 1 spiro atoms. The maximum Gasteiger partial charge on any atom is 0.305 e. The lowest BCUT2D eigenvalue weighted by molar-refractivity contribution is -0.144. The molecule has 39 heavy (non-hydrogen) atoms. The number of carbonyl (C=O) groups excluding carboxylic acids is 2. The number of hydrogen-bond donors (Lipinski definition) is 2. The van der Waals surface area contributed by atoms with E-state index in [1.54, 1.807) is 30.3 Å². The van der Waals surface area contributed by atoms with Crippen LogP contribution in [0, 0.1) is 5.41 Å². The Labute approximate surface area is 238 Å². The second-order valence-corrected chi connectivity index (χ2v) is 12.0. The lowest BCUT2D eigenvalue weighted by Gasteiger charge is -2.47. The molecule has 0 saturated carbocycles. The summed E-state index contributed by atoms with van der Waals surface area (Å²) in [6.45, 7) is 8.80. The van der Waals surface area contributed by atoms with Gasteiger partial charge in [-0.1, -0.05) is 56.1 Å². The summed E-state index contributed by atoms with van der Waals surface area (Å²) < 4.78 is 6.14. The number of nitrogens with one attached hydrogen (secondary N) is 1. The lowest BCUT2D eigenvalue weighted by atomic mass is 9.80. The molecule has 1 saturated heterocycles. The van der Waals surface area contributed by atoms with Crippen LogP contribution in [0.5, 0.6) is 0 Å². The fourth-order valence-electron chi connectivity index (χ4n) is 5.17. The smallest absolute Gasteiger partial charge is 0.305 e. The molecular formula is C29H33Cl2N3O5. The Balaban J connectivity index is 1.67. The van der Waals surface area contributed by atoms with Gasteiger partial charge in [0, 0.05) is 40.6 Å². The first kappa shape index (κ1) is 29.1. The number of rotatable bonds is 7. The lowest BCUT2D eigenvalue weighted by Crippen LogP contribution is -2.55. The Morgan fingerprint density at radius 3 is 2.41 bits per heavy atom. The zero-order chi connectivity index (χ0) is 28.5. The van der Waals surface area contributed by atoms with Crippen molar-refractivity contribution in [3.63, 3.8) is 0 Å². The summed E-state index contributed by atoms with van der Waals surface area (Å²) in [4.78, 5) is 44.1. The molecule has 1 unspecified atom stereocenters. The quantitative estimate of drug-likeness (QED) is 0.454. The van der Waals surface area contributed by atoms with Crippen molar-refractivity contribution < 1.29 is 24.2 Å². The van der Waals surface area contributed by atoms with Gasteiger partial charge in [-0.3, -0.25) is 19.4 Å². The molecule has 2 aliphatic heterocycles. The molecule has 2 heterocycles. The van der Waals surface area contributed by atoms with Crippen molar-refractivity contribution in [1.29, 1.82) is 0 Å². The molecule has 1 fully saturated rings.